The highest BCUT2D eigenvalue weighted by Crippen LogP contribution is 2.24. The van der Waals surface area contributed by atoms with Crippen molar-refractivity contribution in [2.24, 2.45) is 0 Å². The second kappa shape index (κ2) is 7.46. The minimum atomic E-state index is -0.861. The van der Waals surface area contributed by atoms with E-state index in [1.807, 2.05) is 54.6 Å². The first kappa shape index (κ1) is 15.8. The number of aromatic nitrogens is 2. The van der Waals surface area contributed by atoms with Gasteiger partial charge in [-0.05, 0) is 29.3 Å². The van der Waals surface area contributed by atoms with Gasteiger partial charge in [-0.1, -0.05) is 42.5 Å². The third-order valence-electron chi connectivity index (χ3n) is 3.73. The molecule has 0 radical (unpaired) electrons. The van der Waals surface area contributed by atoms with Gasteiger partial charge >= 0.3 is 5.97 Å². The highest BCUT2D eigenvalue weighted by molar-refractivity contribution is 5.68. The Balaban J connectivity index is 1.71. The van der Waals surface area contributed by atoms with Gasteiger partial charge in [0.2, 0.25) is 0 Å². The minimum Gasteiger partial charge on any atom is -0.489 e. The fraction of sp³-hybridized carbons (Fsp3) is 0.158. The van der Waals surface area contributed by atoms with Crippen LogP contribution in [0.15, 0.2) is 73.1 Å². The summed E-state index contributed by atoms with van der Waals surface area (Å²) in [7, 11) is 0. The van der Waals surface area contributed by atoms with Crippen LogP contribution in [-0.4, -0.2) is 20.9 Å². The Morgan fingerprint density at radius 2 is 1.83 bits per heavy atom. The molecule has 0 spiro atoms. The standard InChI is InChI=1S/C19H18N2O3/c22-19(23)13-18(21-12-4-11-20-21)16-7-9-17(10-8-16)24-14-15-5-2-1-3-6-15/h1-12,18H,13-14H2,(H,22,23). The summed E-state index contributed by atoms with van der Waals surface area (Å²) in [5.41, 5.74) is 1.98. The van der Waals surface area contributed by atoms with Crippen molar-refractivity contribution < 1.29 is 14.6 Å². The van der Waals surface area contributed by atoms with Crippen LogP contribution in [0.3, 0.4) is 0 Å². The number of carboxylic acid groups (broad SMARTS) is 1. The maximum Gasteiger partial charge on any atom is 0.305 e. The van der Waals surface area contributed by atoms with Crippen molar-refractivity contribution in [1.29, 1.82) is 0 Å². The van der Waals surface area contributed by atoms with Crippen LogP contribution in [0.1, 0.15) is 23.6 Å². The van der Waals surface area contributed by atoms with Crippen LogP contribution < -0.4 is 4.74 Å². The number of rotatable bonds is 7. The zero-order valence-electron chi connectivity index (χ0n) is 13.1. The molecule has 0 bridgehead atoms. The molecule has 3 rings (SSSR count). The van der Waals surface area contributed by atoms with Gasteiger partial charge in [0, 0.05) is 12.4 Å². The molecule has 1 unspecified atom stereocenters. The van der Waals surface area contributed by atoms with Crippen molar-refractivity contribution >= 4 is 5.97 Å². The summed E-state index contributed by atoms with van der Waals surface area (Å²) in [4.78, 5) is 11.1. The summed E-state index contributed by atoms with van der Waals surface area (Å²) in [6, 6.07) is 18.9. The fourth-order valence-corrected chi connectivity index (χ4v) is 2.52. The number of ether oxygens (including phenoxy) is 1. The smallest absolute Gasteiger partial charge is 0.305 e. The molecule has 0 saturated carbocycles. The van der Waals surface area contributed by atoms with E-state index in [9.17, 15) is 4.79 Å². The first-order valence-electron chi connectivity index (χ1n) is 7.70. The molecule has 0 amide bonds. The third kappa shape index (κ3) is 4.01. The molecule has 3 aromatic rings. The molecule has 2 aromatic carbocycles. The van der Waals surface area contributed by atoms with Gasteiger partial charge in [-0.2, -0.15) is 5.10 Å². The highest BCUT2D eigenvalue weighted by Gasteiger charge is 2.17. The summed E-state index contributed by atoms with van der Waals surface area (Å²) in [6.45, 7) is 0.498. The maximum atomic E-state index is 11.1. The average Bonchev–Trinajstić information content (AvgIpc) is 3.13. The van der Waals surface area contributed by atoms with E-state index in [2.05, 4.69) is 5.10 Å². The van der Waals surface area contributed by atoms with Crippen molar-refractivity contribution in [2.75, 3.05) is 0 Å². The van der Waals surface area contributed by atoms with Gasteiger partial charge in [-0.15, -0.1) is 0 Å². The van der Waals surface area contributed by atoms with Gasteiger partial charge in [-0.25, -0.2) is 0 Å². The summed E-state index contributed by atoms with van der Waals surface area (Å²) in [5.74, 6) is -0.114. The lowest BCUT2D eigenvalue weighted by molar-refractivity contribution is -0.137. The van der Waals surface area contributed by atoms with Crippen LogP contribution in [0.2, 0.25) is 0 Å². The van der Waals surface area contributed by atoms with Gasteiger partial charge in [0.15, 0.2) is 0 Å². The van der Waals surface area contributed by atoms with Crippen molar-refractivity contribution in [3.63, 3.8) is 0 Å². The molecule has 0 aliphatic heterocycles. The number of nitrogens with zero attached hydrogens (tertiary/aromatic N) is 2. The lowest BCUT2D eigenvalue weighted by Crippen LogP contribution is -2.15. The van der Waals surface area contributed by atoms with Gasteiger partial charge in [0.1, 0.15) is 12.4 Å². The minimum absolute atomic E-state index is 0.0219. The summed E-state index contributed by atoms with van der Waals surface area (Å²) >= 11 is 0. The Kier molecular flexibility index (Phi) is 4.91. The van der Waals surface area contributed by atoms with Crippen molar-refractivity contribution in [3.8, 4) is 5.75 Å². The van der Waals surface area contributed by atoms with Crippen LogP contribution >= 0.6 is 0 Å². The lowest BCUT2D eigenvalue weighted by atomic mass is 10.0. The quantitative estimate of drug-likeness (QED) is 0.723. The molecule has 24 heavy (non-hydrogen) atoms. The molecule has 1 aromatic heterocycles. The van der Waals surface area contributed by atoms with E-state index < -0.39 is 5.97 Å². The number of hydrogen-bond acceptors (Lipinski definition) is 3. The molecule has 1 atom stereocenters. The molecule has 0 aliphatic carbocycles. The Labute approximate surface area is 140 Å². The molecule has 0 aliphatic rings. The van der Waals surface area contributed by atoms with E-state index in [0.29, 0.717) is 6.61 Å². The van der Waals surface area contributed by atoms with Crippen LogP contribution in [-0.2, 0) is 11.4 Å². The van der Waals surface area contributed by atoms with Crippen molar-refractivity contribution in [2.45, 2.75) is 19.1 Å². The van der Waals surface area contributed by atoms with E-state index in [-0.39, 0.29) is 12.5 Å². The largest absolute Gasteiger partial charge is 0.489 e. The molecular weight excluding hydrogens is 304 g/mol. The Hall–Kier alpha value is -3.08. The predicted octanol–water partition coefficient (Wildman–Crippen LogP) is 3.53. The predicted molar refractivity (Wildman–Crippen MR) is 89.8 cm³/mol. The number of aliphatic carboxylic acids is 1. The lowest BCUT2D eigenvalue weighted by Gasteiger charge is -2.16. The van der Waals surface area contributed by atoms with E-state index in [1.54, 1.807) is 23.1 Å². The molecule has 5 heteroatoms. The molecule has 1 N–H and O–H groups in total. The normalized spacial score (nSPS) is 11.8. The van der Waals surface area contributed by atoms with E-state index in [1.165, 1.54) is 0 Å². The molecule has 122 valence electrons. The van der Waals surface area contributed by atoms with Gasteiger partial charge in [0.05, 0.1) is 12.5 Å². The highest BCUT2D eigenvalue weighted by atomic mass is 16.5. The topological polar surface area (TPSA) is 64.3 Å². The maximum absolute atomic E-state index is 11.1. The zero-order valence-corrected chi connectivity index (χ0v) is 13.1. The fourth-order valence-electron chi connectivity index (χ4n) is 2.52. The second-order valence-corrected chi connectivity index (χ2v) is 5.44. The number of benzene rings is 2. The first-order chi connectivity index (χ1) is 11.7. The monoisotopic (exact) mass is 322 g/mol. The van der Waals surface area contributed by atoms with Gasteiger partial charge in [-0.3, -0.25) is 9.48 Å². The Morgan fingerprint density at radius 1 is 1.08 bits per heavy atom. The Bertz CT molecular complexity index is 768. The second-order valence-electron chi connectivity index (χ2n) is 5.44. The summed E-state index contributed by atoms with van der Waals surface area (Å²) in [6.07, 6.45) is 3.39. The molecule has 5 nitrogen and oxygen atoms in total. The summed E-state index contributed by atoms with van der Waals surface area (Å²) < 4.78 is 7.42. The zero-order chi connectivity index (χ0) is 16.8. The Morgan fingerprint density at radius 3 is 2.46 bits per heavy atom. The SMILES string of the molecule is O=C(O)CC(c1ccc(OCc2ccccc2)cc1)n1cccn1. The molecular formula is C19H18N2O3. The average molecular weight is 322 g/mol. The van der Waals surface area contributed by atoms with Gasteiger partial charge < -0.3 is 9.84 Å². The number of hydrogen-bond donors (Lipinski definition) is 1. The van der Waals surface area contributed by atoms with E-state index in [4.69, 9.17) is 9.84 Å². The summed E-state index contributed by atoms with van der Waals surface area (Å²) in [5, 5.41) is 13.3. The first-order valence-corrected chi connectivity index (χ1v) is 7.70. The number of carboxylic acids is 1. The molecule has 0 saturated heterocycles. The third-order valence-corrected chi connectivity index (χ3v) is 3.73. The van der Waals surface area contributed by atoms with Crippen molar-refractivity contribution in [3.05, 3.63) is 84.2 Å². The van der Waals surface area contributed by atoms with Gasteiger partial charge in [0.25, 0.3) is 0 Å². The van der Waals surface area contributed by atoms with Crippen LogP contribution in [0, 0.1) is 0 Å². The van der Waals surface area contributed by atoms with E-state index >= 15 is 0 Å². The number of carbonyl (C=O) groups is 1. The molecule has 1 heterocycles. The van der Waals surface area contributed by atoms with Crippen LogP contribution in [0.25, 0.3) is 0 Å². The van der Waals surface area contributed by atoms with Crippen LogP contribution in [0.5, 0.6) is 5.75 Å². The van der Waals surface area contributed by atoms with Crippen molar-refractivity contribution in [1.82, 2.24) is 9.78 Å². The van der Waals surface area contributed by atoms with E-state index in [0.717, 1.165) is 16.9 Å². The molecule has 0 fully saturated rings. The van der Waals surface area contributed by atoms with Crippen LogP contribution in [0.4, 0.5) is 0 Å².